The minimum absolute atomic E-state index is 0.167. The SMILES string of the molecule is Cc1ccc(O)c(Cn2c(NCCc3ccc(F)cc3)nc3ccccc32)n1. The Labute approximate surface area is 162 Å². The first-order chi connectivity index (χ1) is 13.6. The minimum Gasteiger partial charge on any atom is -0.506 e. The highest BCUT2D eigenvalue weighted by Crippen LogP contribution is 2.24. The monoisotopic (exact) mass is 376 g/mol. The highest BCUT2D eigenvalue weighted by molar-refractivity contribution is 5.78. The number of rotatable bonds is 6. The quantitative estimate of drug-likeness (QED) is 0.527. The number of benzene rings is 2. The van der Waals surface area contributed by atoms with Crippen molar-refractivity contribution in [3.05, 3.63) is 83.4 Å². The summed E-state index contributed by atoms with van der Waals surface area (Å²) < 4.78 is 15.1. The van der Waals surface area contributed by atoms with Gasteiger partial charge in [-0.3, -0.25) is 4.98 Å². The van der Waals surface area contributed by atoms with Gasteiger partial charge in [0.25, 0.3) is 0 Å². The number of para-hydroxylation sites is 2. The Morgan fingerprint density at radius 2 is 1.79 bits per heavy atom. The normalized spacial score (nSPS) is 11.1. The van der Waals surface area contributed by atoms with Crippen LogP contribution in [0.1, 0.15) is 17.0 Å². The van der Waals surface area contributed by atoms with Gasteiger partial charge in [-0.05, 0) is 55.3 Å². The Morgan fingerprint density at radius 1 is 1.00 bits per heavy atom. The van der Waals surface area contributed by atoms with Gasteiger partial charge >= 0.3 is 0 Å². The molecule has 0 aliphatic heterocycles. The molecule has 0 spiro atoms. The fourth-order valence-corrected chi connectivity index (χ4v) is 3.21. The Morgan fingerprint density at radius 3 is 2.61 bits per heavy atom. The molecule has 4 rings (SSSR count). The Balaban J connectivity index is 1.59. The number of hydrogen-bond donors (Lipinski definition) is 2. The van der Waals surface area contributed by atoms with E-state index >= 15 is 0 Å². The van der Waals surface area contributed by atoms with E-state index in [2.05, 4.69) is 15.3 Å². The van der Waals surface area contributed by atoms with Crippen molar-refractivity contribution in [2.75, 3.05) is 11.9 Å². The fraction of sp³-hybridized carbons (Fsp3) is 0.182. The van der Waals surface area contributed by atoms with Crippen LogP contribution in [0.3, 0.4) is 0 Å². The van der Waals surface area contributed by atoms with Crippen LogP contribution in [0.5, 0.6) is 5.75 Å². The summed E-state index contributed by atoms with van der Waals surface area (Å²) in [6, 6.07) is 17.8. The number of fused-ring (bicyclic) bond motifs is 1. The van der Waals surface area contributed by atoms with E-state index in [-0.39, 0.29) is 11.6 Å². The van der Waals surface area contributed by atoms with Crippen LogP contribution in [0, 0.1) is 12.7 Å². The molecule has 2 aromatic carbocycles. The first-order valence-corrected chi connectivity index (χ1v) is 9.19. The largest absolute Gasteiger partial charge is 0.506 e. The van der Waals surface area contributed by atoms with Gasteiger partial charge in [0.2, 0.25) is 5.95 Å². The molecule has 28 heavy (non-hydrogen) atoms. The summed E-state index contributed by atoms with van der Waals surface area (Å²) in [6.45, 7) is 2.96. The lowest BCUT2D eigenvalue weighted by Gasteiger charge is -2.12. The predicted molar refractivity (Wildman–Crippen MR) is 108 cm³/mol. The molecule has 5 nitrogen and oxygen atoms in total. The van der Waals surface area contributed by atoms with Crippen molar-refractivity contribution in [1.82, 2.24) is 14.5 Å². The molecule has 0 saturated heterocycles. The van der Waals surface area contributed by atoms with Gasteiger partial charge in [-0.2, -0.15) is 0 Å². The van der Waals surface area contributed by atoms with Crippen molar-refractivity contribution in [1.29, 1.82) is 0 Å². The Hall–Kier alpha value is -3.41. The molecule has 2 heterocycles. The van der Waals surface area contributed by atoms with Crippen LogP contribution in [-0.2, 0) is 13.0 Å². The second kappa shape index (κ2) is 7.68. The van der Waals surface area contributed by atoms with Crippen molar-refractivity contribution in [3.63, 3.8) is 0 Å². The number of nitrogens with one attached hydrogen (secondary N) is 1. The van der Waals surface area contributed by atoms with E-state index in [4.69, 9.17) is 0 Å². The highest BCUT2D eigenvalue weighted by Gasteiger charge is 2.13. The average Bonchev–Trinajstić information content (AvgIpc) is 3.04. The molecular formula is C22H21FN4O. The van der Waals surface area contributed by atoms with Crippen LogP contribution >= 0.6 is 0 Å². The second-order valence-electron chi connectivity index (χ2n) is 6.73. The molecule has 0 radical (unpaired) electrons. The molecule has 0 saturated carbocycles. The van der Waals surface area contributed by atoms with Crippen molar-refractivity contribution in [2.45, 2.75) is 19.9 Å². The van der Waals surface area contributed by atoms with Gasteiger partial charge < -0.3 is 15.0 Å². The molecule has 0 unspecified atom stereocenters. The molecule has 142 valence electrons. The number of nitrogens with zero attached hydrogens (tertiary/aromatic N) is 3. The fourth-order valence-electron chi connectivity index (χ4n) is 3.21. The van der Waals surface area contributed by atoms with E-state index in [1.54, 1.807) is 24.3 Å². The number of halogens is 1. The van der Waals surface area contributed by atoms with E-state index in [0.717, 1.165) is 28.7 Å². The van der Waals surface area contributed by atoms with Crippen molar-refractivity contribution in [2.24, 2.45) is 0 Å². The standard InChI is InChI=1S/C22H21FN4O/c1-15-6-11-21(28)19(25-15)14-27-20-5-3-2-4-18(20)26-22(27)24-13-12-16-7-9-17(23)10-8-16/h2-11,28H,12-14H2,1H3,(H,24,26). The smallest absolute Gasteiger partial charge is 0.204 e. The number of hydrogen-bond acceptors (Lipinski definition) is 4. The lowest BCUT2D eigenvalue weighted by molar-refractivity contribution is 0.461. The minimum atomic E-state index is -0.232. The van der Waals surface area contributed by atoms with Crippen LogP contribution in [-0.4, -0.2) is 26.2 Å². The number of aromatic nitrogens is 3. The Kier molecular flexibility index (Phi) is 4.93. The van der Waals surface area contributed by atoms with Gasteiger partial charge in [-0.25, -0.2) is 9.37 Å². The molecule has 0 bridgehead atoms. The first kappa shape index (κ1) is 18.0. The third kappa shape index (κ3) is 3.81. The van der Waals surface area contributed by atoms with E-state index in [0.29, 0.717) is 24.7 Å². The van der Waals surface area contributed by atoms with Crippen molar-refractivity contribution >= 4 is 17.0 Å². The van der Waals surface area contributed by atoms with Crippen molar-refractivity contribution < 1.29 is 9.50 Å². The van der Waals surface area contributed by atoms with E-state index in [1.165, 1.54) is 12.1 Å². The molecule has 0 aliphatic rings. The summed E-state index contributed by atoms with van der Waals surface area (Å²) >= 11 is 0. The molecule has 6 heteroatoms. The molecule has 0 amide bonds. The molecular weight excluding hydrogens is 355 g/mol. The lowest BCUT2D eigenvalue weighted by Crippen LogP contribution is -2.12. The van der Waals surface area contributed by atoms with Crippen LogP contribution in [0.25, 0.3) is 11.0 Å². The number of anilines is 1. The molecule has 0 atom stereocenters. The van der Waals surface area contributed by atoms with Gasteiger partial charge in [0.1, 0.15) is 17.3 Å². The van der Waals surface area contributed by atoms with Crippen molar-refractivity contribution in [3.8, 4) is 5.75 Å². The number of imidazole rings is 1. The predicted octanol–water partition coefficient (Wildman–Crippen LogP) is 4.29. The summed E-state index contributed by atoms with van der Waals surface area (Å²) in [5.41, 5.74) is 4.34. The zero-order valence-electron chi connectivity index (χ0n) is 15.6. The molecule has 2 aromatic heterocycles. The van der Waals surface area contributed by atoms with Gasteiger partial charge in [-0.1, -0.05) is 24.3 Å². The maximum Gasteiger partial charge on any atom is 0.204 e. The van der Waals surface area contributed by atoms with E-state index < -0.39 is 0 Å². The zero-order chi connectivity index (χ0) is 19.5. The summed E-state index contributed by atoms with van der Waals surface area (Å²) in [6.07, 6.45) is 0.747. The van der Waals surface area contributed by atoms with Crippen LogP contribution < -0.4 is 5.32 Å². The molecule has 4 aromatic rings. The lowest BCUT2D eigenvalue weighted by atomic mass is 10.1. The Bertz CT molecular complexity index is 1110. The summed E-state index contributed by atoms with van der Waals surface area (Å²) in [5, 5.41) is 13.6. The number of aryl methyl sites for hydroxylation is 1. The van der Waals surface area contributed by atoms with Crippen LogP contribution in [0.2, 0.25) is 0 Å². The maximum atomic E-state index is 13.1. The summed E-state index contributed by atoms with van der Waals surface area (Å²) in [7, 11) is 0. The number of aromatic hydroxyl groups is 1. The topological polar surface area (TPSA) is 63.0 Å². The number of pyridine rings is 1. The van der Waals surface area contributed by atoms with Gasteiger partial charge in [0.15, 0.2) is 0 Å². The van der Waals surface area contributed by atoms with Crippen LogP contribution in [0.15, 0.2) is 60.7 Å². The summed E-state index contributed by atoms with van der Waals surface area (Å²) in [5.74, 6) is 0.649. The van der Waals surface area contributed by atoms with Gasteiger partial charge in [0.05, 0.1) is 17.6 Å². The summed E-state index contributed by atoms with van der Waals surface area (Å²) in [4.78, 5) is 9.16. The second-order valence-corrected chi connectivity index (χ2v) is 6.73. The maximum absolute atomic E-state index is 13.1. The third-order valence-corrected chi connectivity index (χ3v) is 4.66. The molecule has 0 aliphatic carbocycles. The van der Waals surface area contributed by atoms with Gasteiger partial charge in [0, 0.05) is 12.2 Å². The first-order valence-electron chi connectivity index (χ1n) is 9.19. The highest BCUT2D eigenvalue weighted by atomic mass is 19.1. The zero-order valence-corrected chi connectivity index (χ0v) is 15.6. The van der Waals surface area contributed by atoms with Gasteiger partial charge in [-0.15, -0.1) is 0 Å². The van der Waals surface area contributed by atoms with E-state index in [1.807, 2.05) is 35.8 Å². The molecule has 2 N–H and O–H groups in total. The molecule has 0 fully saturated rings. The average molecular weight is 376 g/mol. The van der Waals surface area contributed by atoms with Crippen LogP contribution in [0.4, 0.5) is 10.3 Å². The van der Waals surface area contributed by atoms with E-state index in [9.17, 15) is 9.50 Å². The third-order valence-electron chi connectivity index (χ3n) is 4.66.